The summed E-state index contributed by atoms with van der Waals surface area (Å²) in [5.74, 6) is -0.201. The maximum atomic E-state index is 10.2. The highest BCUT2D eigenvalue weighted by atomic mass is 35.5. The minimum atomic E-state index is -4.78. The molecular weight excluding hydrogens is 239 g/mol. The van der Waals surface area contributed by atoms with Gasteiger partial charge in [-0.3, -0.25) is 0 Å². The first kappa shape index (κ1) is 10.6. The van der Waals surface area contributed by atoms with Crippen LogP contribution in [-0.4, -0.2) is 13.0 Å². The second kappa shape index (κ2) is 3.71. The van der Waals surface area contributed by atoms with Crippen LogP contribution >= 0.6 is 23.2 Å². The summed E-state index contributed by atoms with van der Waals surface area (Å²) in [5.41, 5.74) is 0. The van der Waals surface area contributed by atoms with Gasteiger partial charge < -0.3 is 8.74 Å². The Kier molecular flexibility index (Phi) is 3.02. The molecule has 13 heavy (non-hydrogen) atoms. The van der Waals surface area contributed by atoms with Crippen LogP contribution in [-0.2, 0) is 10.4 Å². The number of halogens is 2. The molecular formula is C6H3Cl2O4S-. The summed E-state index contributed by atoms with van der Waals surface area (Å²) in [6.45, 7) is 0. The molecule has 72 valence electrons. The first-order valence-electron chi connectivity index (χ1n) is 2.98. The van der Waals surface area contributed by atoms with Crippen molar-refractivity contribution in [3.8, 4) is 5.75 Å². The number of benzene rings is 1. The van der Waals surface area contributed by atoms with Gasteiger partial charge in [-0.2, -0.15) is 0 Å². The fourth-order valence-electron chi connectivity index (χ4n) is 0.694. The van der Waals surface area contributed by atoms with Gasteiger partial charge in [-0.05, 0) is 6.07 Å². The number of rotatable bonds is 2. The van der Waals surface area contributed by atoms with Crippen LogP contribution in [0.4, 0.5) is 0 Å². The van der Waals surface area contributed by atoms with E-state index in [0.717, 1.165) is 0 Å². The topological polar surface area (TPSA) is 66.4 Å². The van der Waals surface area contributed by atoms with Gasteiger partial charge in [0.2, 0.25) is 0 Å². The lowest BCUT2D eigenvalue weighted by Crippen LogP contribution is -2.06. The molecule has 1 rings (SSSR count). The van der Waals surface area contributed by atoms with Crippen molar-refractivity contribution in [3.63, 3.8) is 0 Å². The Morgan fingerprint density at radius 1 is 1.15 bits per heavy atom. The third kappa shape index (κ3) is 3.82. The Bertz CT molecular complexity index is 394. The first-order chi connectivity index (χ1) is 5.87. The van der Waals surface area contributed by atoms with Crippen molar-refractivity contribution in [1.29, 1.82) is 0 Å². The van der Waals surface area contributed by atoms with E-state index in [1.807, 2.05) is 0 Å². The Labute approximate surface area is 85.0 Å². The molecule has 0 aliphatic heterocycles. The normalized spacial score (nSPS) is 11.3. The molecule has 0 unspecified atom stereocenters. The summed E-state index contributed by atoms with van der Waals surface area (Å²) in [4.78, 5) is 0. The zero-order chi connectivity index (χ0) is 10.1. The van der Waals surface area contributed by atoms with Gasteiger partial charge in [0, 0.05) is 22.2 Å². The Morgan fingerprint density at radius 2 is 1.62 bits per heavy atom. The fourth-order valence-corrected chi connectivity index (χ4v) is 1.53. The van der Waals surface area contributed by atoms with Gasteiger partial charge >= 0.3 is 0 Å². The molecule has 1 aromatic rings. The maximum Gasteiger partial charge on any atom is 0.262 e. The molecule has 0 aromatic heterocycles. The monoisotopic (exact) mass is 241 g/mol. The third-order valence-electron chi connectivity index (χ3n) is 1.03. The van der Waals surface area contributed by atoms with Crippen molar-refractivity contribution in [3.05, 3.63) is 28.2 Å². The molecule has 0 heterocycles. The molecule has 0 atom stereocenters. The molecule has 0 N–H and O–H groups in total. The summed E-state index contributed by atoms with van der Waals surface area (Å²) < 4.78 is 34.5. The van der Waals surface area contributed by atoms with Crippen LogP contribution in [0, 0.1) is 0 Å². The predicted molar refractivity (Wildman–Crippen MR) is 46.8 cm³/mol. The highest BCUT2D eigenvalue weighted by Gasteiger charge is 2.02. The van der Waals surface area contributed by atoms with Crippen LogP contribution < -0.4 is 4.18 Å². The number of hydrogen-bond acceptors (Lipinski definition) is 4. The summed E-state index contributed by atoms with van der Waals surface area (Å²) >= 11 is 11.0. The van der Waals surface area contributed by atoms with Gasteiger partial charge in [-0.15, -0.1) is 0 Å². The van der Waals surface area contributed by atoms with Gasteiger partial charge in [-0.25, -0.2) is 8.42 Å². The van der Waals surface area contributed by atoms with Crippen LogP contribution in [0.1, 0.15) is 0 Å². The van der Waals surface area contributed by atoms with Gasteiger partial charge in [-0.1, -0.05) is 23.2 Å². The van der Waals surface area contributed by atoms with Crippen molar-refractivity contribution in [2.75, 3.05) is 0 Å². The van der Waals surface area contributed by atoms with E-state index in [2.05, 4.69) is 4.18 Å². The Morgan fingerprint density at radius 3 is 2.00 bits per heavy atom. The quantitative estimate of drug-likeness (QED) is 0.586. The van der Waals surface area contributed by atoms with E-state index in [0.29, 0.717) is 0 Å². The number of hydrogen-bond donors (Lipinski definition) is 0. The van der Waals surface area contributed by atoms with E-state index >= 15 is 0 Å². The van der Waals surface area contributed by atoms with E-state index in [1.165, 1.54) is 18.2 Å². The summed E-state index contributed by atoms with van der Waals surface area (Å²) in [7, 11) is -4.78. The van der Waals surface area contributed by atoms with Crippen LogP contribution in [0.5, 0.6) is 5.75 Å². The van der Waals surface area contributed by atoms with Crippen LogP contribution in [0.3, 0.4) is 0 Å². The van der Waals surface area contributed by atoms with E-state index in [9.17, 15) is 13.0 Å². The van der Waals surface area contributed by atoms with E-state index in [-0.39, 0.29) is 15.8 Å². The smallest absolute Gasteiger partial charge is 0.262 e. The second-order valence-electron chi connectivity index (χ2n) is 2.10. The van der Waals surface area contributed by atoms with Crippen molar-refractivity contribution < 1.29 is 17.2 Å². The lowest BCUT2D eigenvalue weighted by atomic mass is 10.3. The lowest BCUT2D eigenvalue weighted by molar-refractivity contribution is 0.372. The van der Waals surface area contributed by atoms with Crippen molar-refractivity contribution >= 4 is 33.6 Å². The molecule has 0 aliphatic rings. The average molecular weight is 242 g/mol. The highest BCUT2D eigenvalue weighted by Crippen LogP contribution is 2.24. The van der Waals surface area contributed by atoms with Gasteiger partial charge in [0.25, 0.3) is 10.4 Å². The van der Waals surface area contributed by atoms with Gasteiger partial charge in [0.1, 0.15) is 5.75 Å². The van der Waals surface area contributed by atoms with E-state index in [4.69, 9.17) is 23.2 Å². The summed E-state index contributed by atoms with van der Waals surface area (Å²) in [6.07, 6.45) is 0. The molecule has 4 nitrogen and oxygen atoms in total. The van der Waals surface area contributed by atoms with Crippen molar-refractivity contribution in [1.82, 2.24) is 0 Å². The van der Waals surface area contributed by atoms with Crippen LogP contribution in [0.25, 0.3) is 0 Å². The zero-order valence-electron chi connectivity index (χ0n) is 6.03. The molecule has 1 aromatic carbocycles. The molecule has 0 aliphatic carbocycles. The van der Waals surface area contributed by atoms with Gasteiger partial charge in [0.15, 0.2) is 0 Å². The molecule has 0 spiro atoms. The minimum absolute atomic E-state index is 0.186. The maximum absolute atomic E-state index is 10.2. The molecule has 0 radical (unpaired) electrons. The third-order valence-corrected chi connectivity index (χ3v) is 1.87. The first-order valence-corrected chi connectivity index (χ1v) is 5.07. The summed E-state index contributed by atoms with van der Waals surface area (Å²) in [5, 5.41) is 0.373. The van der Waals surface area contributed by atoms with Gasteiger partial charge in [0.05, 0.1) is 0 Å². The molecule has 0 saturated heterocycles. The van der Waals surface area contributed by atoms with Crippen molar-refractivity contribution in [2.45, 2.75) is 0 Å². The molecule has 0 saturated carbocycles. The Balaban J connectivity index is 3.03. The average Bonchev–Trinajstić information content (AvgIpc) is 1.78. The zero-order valence-corrected chi connectivity index (χ0v) is 8.36. The standard InChI is InChI=1S/C6H4Cl2O4S/c7-4-1-5(8)3-6(2-4)12-13(9,10)11/h1-3H,(H,9,10,11)/p-1. The van der Waals surface area contributed by atoms with E-state index < -0.39 is 10.4 Å². The summed E-state index contributed by atoms with van der Waals surface area (Å²) in [6, 6.07) is 3.72. The second-order valence-corrected chi connectivity index (χ2v) is 3.95. The van der Waals surface area contributed by atoms with Crippen molar-refractivity contribution in [2.24, 2.45) is 0 Å². The van der Waals surface area contributed by atoms with Crippen LogP contribution in [0.15, 0.2) is 18.2 Å². The molecule has 0 amide bonds. The SMILES string of the molecule is O=S(=O)([O-])Oc1cc(Cl)cc(Cl)c1. The largest absolute Gasteiger partial charge is 0.716 e. The Hall–Kier alpha value is -0.490. The predicted octanol–water partition coefficient (Wildman–Crippen LogP) is 1.83. The van der Waals surface area contributed by atoms with Crippen LogP contribution in [0.2, 0.25) is 10.0 Å². The fraction of sp³-hybridized carbons (Fsp3) is 0. The molecule has 0 fully saturated rings. The molecule has 7 heteroatoms. The minimum Gasteiger partial charge on any atom is -0.716 e. The lowest BCUT2D eigenvalue weighted by Gasteiger charge is -2.08. The molecule has 0 bridgehead atoms. The van der Waals surface area contributed by atoms with E-state index in [1.54, 1.807) is 0 Å². The highest BCUT2D eigenvalue weighted by molar-refractivity contribution is 7.81.